The molecule has 1 fully saturated rings. The van der Waals surface area contributed by atoms with Crippen molar-refractivity contribution in [3.63, 3.8) is 0 Å². The number of azide groups is 1. The lowest BCUT2D eigenvalue weighted by Gasteiger charge is -2.31. The molecule has 3 unspecified atom stereocenters. The van der Waals surface area contributed by atoms with E-state index in [0.717, 1.165) is 28.4 Å². The monoisotopic (exact) mass is 316 g/mol. The molecule has 0 aliphatic heterocycles. The van der Waals surface area contributed by atoms with Gasteiger partial charge in [-0.1, -0.05) is 36.3 Å². The van der Waals surface area contributed by atoms with Gasteiger partial charge in [0.2, 0.25) is 0 Å². The van der Waals surface area contributed by atoms with Crippen LogP contribution < -0.4 is 0 Å². The summed E-state index contributed by atoms with van der Waals surface area (Å²) in [4.78, 5) is 2.80. The van der Waals surface area contributed by atoms with Gasteiger partial charge in [-0.3, -0.25) is 0 Å². The number of hydrogen-bond donors (Lipinski definition) is 0. The summed E-state index contributed by atoms with van der Waals surface area (Å²) in [5, 5.41) is 4.37. The Bertz CT molecular complexity index is 506. The van der Waals surface area contributed by atoms with Gasteiger partial charge < -0.3 is 0 Å². The summed E-state index contributed by atoms with van der Waals surface area (Å²) in [6, 6.07) is 8.47. The van der Waals surface area contributed by atoms with E-state index in [1.54, 1.807) is 5.92 Å². The molecule has 1 aromatic rings. The van der Waals surface area contributed by atoms with Crippen molar-refractivity contribution in [3.8, 4) is 0 Å². The maximum Gasteiger partial charge on any atom is 0.101 e. The quantitative estimate of drug-likeness (QED) is 0.269. The zero-order valence-electron chi connectivity index (χ0n) is 13.8. The highest BCUT2D eigenvalue weighted by Crippen LogP contribution is 2.40. The molecule has 3 nitrogen and oxygen atoms in total. The Morgan fingerprint density at radius 2 is 1.91 bits per heavy atom. The van der Waals surface area contributed by atoms with Crippen molar-refractivity contribution < 1.29 is 0 Å². The summed E-state index contributed by atoms with van der Waals surface area (Å²) in [5.74, 6) is 4.32. The maximum atomic E-state index is 8.35. The fourth-order valence-corrected chi connectivity index (χ4v) is 4.53. The Balaban J connectivity index is 1.87. The molecule has 0 saturated heterocycles. The summed E-state index contributed by atoms with van der Waals surface area (Å²) < 4.78 is 0. The molecule has 3 atom stereocenters. The normalized spacial score (nSPS) is 24.6. The molecular formula is C18H26N3S+. The molecule has 0 radical (unpaired) electrons. The molecule has 2 rings (SSSR count). The van der Waals surface area contributed by atoms with E-state index < -0.39 is 0 Å². The van der Waals surface area contributed by atoms with Crippen LogP contribution in [0.1, 0.15) is 51.2 Å². The minimum Gasteiger partial charge on any atom is -0.153 e. The van der Waals surface area contributed by atoms with Crippen molar-refractivity contribution in [1.29, 1.82) is 0 Å². The molecule has 1 aliphatic rings. The number of rotatable bonds is 6. The fourth-order valence-electron chi connectivity index (χ4n) is 3.09. The van der Waals surface area contributed by atoms with E-state index in [9.17, 15) is 0 Å². The van der Waals surface area contributed by atoms with Crippen molar-refractivity contribution in [2.45, 2.75) is 57.6 Å². The second-order valence-electron chi connectivity index (χ2n) is 6.62. The third-order valence-electron chi connectivity index (χ3n) is 4.74. The second-order valence-corrected chi connectivity index (χ2v) is 7.85. The molecule has 118 valence electrons. The predicted octanol–water partition coefficient (Wildman–Crippen LogP) is 6.15. The summed E-state index contributed by atoms with van der Waals surface area (Å²) in [5.41, 5.74) is 10.8. The molecule has 0 aromatic heterocycles. The van der Waals surface area contributed by atoms with Crippen LogP contribution in [0, 0.1) is 17.8 Å². The van der Waals surface area contributed by atoms with Crippen molar-refractivity contribution in [2.24, 2.45) is 17.0 Å². The lowest BCUT2D eigenvalue weighted by molar-refractivity contribution is 0.310. The van der Waals surface area contributed by atoms with E-state index in [1.165, 1.54) is 24.8 Å². The minimum atomic E-state index is 0.441. The molecule has 0 N–H and O–H groups in total. The van der Waals surface area contributed by atoms with E-state index in [2.05, 4.69) is 66.8 Å². The van der Waals surface area contributed by atoms with Gasteiger partial charge in [0.25, 0.3) is 0 Å². The van der Waals surface area contributed by atoms with Gasteiger partial charge in [0, 0.05) is 22.3 Å². The van der Waals surface area contributed by atoms with E-state index in [1.807, 2.05) is 0 Å². The third-order valence-corrected chi connectivity index (χ3v) is 6.33. The largest absolute Gasteiger partial charge is 0.153 e. The van der Waals surface area contributed by atoms with Crippen LogP contribution in [0.15, 0.2) is 29.4 Å². The van der Waals surface area contributed by atoms with Gasteiger partial charge in [-0.2, -0.15) is 11.8 Å². The van der Waals surface area contributed by atoms with Crippen molar-refractivity contribution in [2.75, 3.05) is 0 Å². The summed E-state index contributed by atoms with van der Waals surface area (Å²) in [7, 11) is 0. The van der Waals surface area contributed by atoms with Crippen LogP contribution in [0.5, 0.6) is 0 Å². The first-order valence-corrected chi connectivity index (χ1v) is 9.15. The number of hydrogen-bond acceptors (Lipinski definition) is 2. The van der Waals surface area contributed by atoms with Crippen molar-refractivity contribution >= 4 is 11.8 Å². The van der Waals surface area contributed by atoms with E-state index in [4.69, 9.17) is 5.53 Å². The van der Waals surface area contributed by atoms with Gasteiger partial charge in [0.05, 0.1) is 26.3 Å². The Morgan fingerprint density at radius 3 is 2.55 bits per heavy atom. The molecule has 1 aromatic carbocycles. The highest BCUT2D eigenvalue weighted by molar-refractivity contribution is 7.99. The standard InChI is InChI=1S/C18H26N3S/c1-13(2)17-9-4-14(3)18(10-17)22-12-16-7-5-15(6-8-16)11-20-21-19/h5-8,14,17-18H,4,9-12H2,1-3H3/q+1. The number of thioether (sulfide) groups is 1. The lowest BCUT2D eigenvalue weighted by Crippen LogP contribution is -2.27. The molecule has 0 heterocycles. The summed E-state index contributed by atoms with van der Waals surface area (Å²) in [6.45, 7) is 7.41. The first-order valence-electron chi connectivity index (χ1n) is 8.10. The second kappa shape index (κ2) is 8.40. The molecule has 1 aliphatic carbocycles. The van der Waals surface area contributed by atoms with Crippen LogP contribution in [0.2, 0.25) is 0 Å². The predicted molar refractivity (Wildman–Crippen MR) is 95.5 cm³/mol. The smallest absolute Gasteiger partial charge is 0.101 e. The first-order chi connectivity index (χ1) is 10.6. The van der Waals surface area contributed by atoms with Gasteiger partial charge in [0.1, 0.15) is 5.92 Å². The van der Waals surface area contributed by atoms with E-state index in [-0.39, 0.29) is 0 Å². The summed E-state index contributed by atoms with van der Waals surface area (Å²) in [6.07, 6.45) is 4.07. The molecule has 0 bridgehead atoms. The Labute approximate surface area is 138 Å². The SMILES string of the molecule is C[C+](C)C1CCC(C)C(SCc2ccc(CN=[N+]=[N-])cc2)C1. The number of benzene rings is 1. The maximum absolute atomic E-state index is 8.35. The van der Waals surface area contributed by atoms with Crippen LogP contribution in [0.3, 0.4) is 0 Å². The minimum absolute atomic E-state index is 0.441. The van der Waals surface area contributed by atoms with Crippen LogP contribution in [-0.4, -0.2) is 5.25 Å². The van der Waals surface area contributed by atoms with E-state index >= 15 is 0 Å². The van der Waals surface area contributed by atoms with Crippen molar-refractivity contribution in [1.82, 2.24) is 0 Å². The molecule has 4 heteroatoms. The summed E-state index contributed by atoms with van der Waals surface area (Å²) >= 11 is 2.11. The van der Waals surface area contributed by atoms with Crippen LogP contribution in [0.4, 0.5) is 0 Å². The Hall–Kier alpha value is -1.25. The molecule has 0 spiro atoms. The Morgan fingerprint density at radius 1 is 1.23 bits per heavy atom. The van der Waals surface area contributed by atoms with Crippen LogP contribution in [0.25, 0.3) is 10.4 Å². The molecular weight excluding hydrogens is 290 g/mol. The number of nitrogens with zero attached hydrogens (tertiary/aromatic N) is 3. The highest BCUT2D eigenvalue weighted by atomic mass is 32.2. The van der Waals surface area contributed by atoms with Gasteiger partial charge in [0.15, 0.2) is 0 Å². The highest BCUT2D eigenvalue weighted by Gasteiger charge is 2.34. The van der Waals surface area contributed by atoms with Crippen LogP contribution in [-0.2, 0) is 12.3 Å². The van der Waals surface area contributed by atoms with Gasteiger partial charge in [-0.15, -0.1) is 0 Å². The van der Waals surface area contributed by atoms with Gasteiger partial charge in [-0.05, 0) is 35.4 Å². The zero-order valence-corrected chi connectivity index (χ0v) is 14.6. The molecule has 1 saturated carbocycles. The van der Waals surface area contributed by atoms with Gasteiger partial charge in [-0.25, -0.2) is 0 Å². The molecule has 0 amide bonds. The lowest BCUT2D eigenvalue weighted by atomic mass is 9.77. The third kappa shape index (κ3) is 4.89. The average Bonchev–Trinajstić information content (AvgIpc) is 2.53. The van der Waals surface area contributed by atoms with E-state index in [0.29, 0.717) is 6.54 Å². The fraction of sp³-hybridized carbons (Fsp3) is 0.611. The van der Waals surface area contributed by atoms with Crippen molar-refractivity contribution in [3.05, 3.63) is 51.8 Å². The zero-order chi connectivity index (χ0) is 15.9. The average molecular weight is 316 g/mol. The first kappa shape index (κ1) is 17.1. The topological polar surface area (TPSA) is 48.8 Å². The van der Waals surface area contributed by atoms with Crippen LogP contribution >= 0.6 is 11.8 Å². The Kier molecular flexibility index (Phi) is 6.53. The molecule has 22 heavy (non-hydrogen) atoms. The van der Waals surface area contributed by atoms with Gasteiger partial charge >= 0.3 is 0 Å².